The molecule has 2 aromatic heterocycles. The van der Waals surface area contributed by atoms with E-state index in [4.69, 9.17) is 16.3 Å². The Balaban J connectivity index is 1.78. The van der Waals surface area contributed by atoms with Crippen molar-refractivity contribution < 1.29 is 9.53 Å². The third-order valence-electron chi connectivity index (χ3n) is 3.86. The highest BCUT2D eigenvalue weighted by Gasteiger charge is 2.32. The predicted molar refractivity (Wildman–Crippen MR) is 90.5 cm³/mol. The van der Waals surface area contributed by atoms with Crippen molar-refractivity contribution in [1.29, 1.82) is 0 Å². The number of rotatable bonds is 6. The number of anilines is 2. The van der Waals surface area contributed by atoms with Crippen molar-refractivity contribution in [2.45, 2.75) is 45.1 Å². The average Bonchev–Trinajstić information content (AvgIpc) is 3.27. The van der Waals surface area contributed by atoms with E-state index in [1.165, 1.54) is 0 Å². The molecule has 1 fully saturated rings. The fourth-order valence-electron chi connectivity index (χ4n) is 2.27. The van der Waals surface area contributed by atoms with Crippen LogP contribution in [0.25, 0.3) is 0 Å². The van der Waals surface area contributed by atoms with Crippen LogP contribution in [0.5, 0.6) is 0 Å². The van der Waals surface area contributed by atoms with Crippen molar-refractivity contribution in [3.05, 3.63) is 29.4 Å². The summed E-state index contributed by atoms with van der Waals surface area (Å²) in [4.78, 5) is 20.8. The molecule has 128 valence electrons. The number of nitrogens with one attached hydrogen (secondary N) is 1. The SMILES string of the molecule is CCOC(=O)C(C)(C)n1cc(Nc2cc(Cl)nc(C3CC3)n2)cn1. The molecule has 2 aromatic rings. The lowest BCUT2D eigenvalue weighted by molar-refractivity contribution is -0.152. The first-order valence-corrected chi connectivity index (χ1v) is 8.32. The minimum atomic E-state index is -0.890. The maximum Gasteiger partial charge on any atom is 0.333 e. The minimum absolute atomic E-state index is 0.331. The molecule has 1 N–H and O–H groups in total. The van der Waals surface area contributed by atoms with Crippen LogP contribution < -0.4 is 5.32 Å². The monoisotopic (exact) mass is 349 g/mol. The van der Waals surface area contributed by atoms with Crippen molar-refractivity contribution in [1.82, 2.24) is 19.7 Å². The van der Waals surface area contributed by atoms with Gasteiger partial charge >= 0.3 is 5.97 Å². The fraction of sp³-hybridized carbons (Fsp3) is 0.500. The summed E-state index contributed by atoms with van der Waals surface area (Å²) in [6, 6.07) is 1.67. The molecular formula is C16H20ClN5O2. The molecule has 0 saturated heterocycles. The van der Waals surface area contributed by atoms with Crippen LogP contribution in [0, 0.1) is 0 Å². The highest BCUT2D eigenvalue weighted by molar-refractivity contribution is 6.29. The maximum atomic E-state index is 12.1. The van der Waals surface area contributed by atoms with Gasteiger partial charge in [0, 0.05) is 18.2 Å². The molecule has 2 heterocycles. The molecule has 0 radical (unpaired) electrons. The van der Waals surface area contributed by atoms with Crippen molar-refractivity contribution in [2.24, 2.45) is 0 Å². The van der Waals surface area contributed by atoms with Gasteiger partial charge in [0.15, 0.2) is 5.54 Å². The zero-order chi connectivity index (χ0) is 17.3. The van der Waals surface area contributed by atoms with E-state index in [0.29, 0.717) is 29.2 Å². The number of carbonyl (C=O) groups excluding carboxylic acids is 1. The van der Waals surface area contributed by atoms with Gasteiger partial charge in [-0.1, -0.05) is 11.6 Å². The molecule has 1 aliphatic rings. The highest BCUT2D eigenvalue weighted by Crippen LogP contribution is 2.39. The van der Waals surface area contributed by atoms with Crippen LogP contribution in [0.1, 0.15) is 45.4 Å². The lowest BCUT2D eigenvalue weighted by atomic mass is 10.1. The van der Waals surface area contributed by atoms with E-state index in [2.05, 4.69) is 20.4 Å². The van der Waals surface area contributed by atoms with Crippen LogP contribution in [0.2, 0.25) is 5.15 Å². The summed E-state index contributed by atoms with van der Waals surface area (Å²) in [5, 5.41) is 7.83. The normalized spacial score (nSPS) is 14.5. The van der Waals surface area contributed by atoms with Gasteiger partial charge in [0.25, 0.3) is 0 Å². The number of aromatic nitrogens is 4. The van der Waals surface area contributed by atoms with Gasteiger partial charge < -0.3 is 10.1 Å². The zero-order valence-corrected chi connectivity index (χ0v) is 14.7. The number of nitrogens with zero attached hydrogens (tertiary/aromatic N) is 4. The van der Waals surface area contributed by atoms with E-state index in [1.54, 1.807) is 43.9 Å². The molecule has 3 rings (SSSR count). The molecule has 8 heteroatoms. The van der Waals surface area contributed by atoms with E-state index in [0.717, 1.165) is 18.7 Å². The smallest absolute Gasteiger partial charge is 0.333 e. The Labute approximate surface area is 145 Å². The quantitative estimate of drug-likeness (QED) is 0.636. The van der Waals surface area contributed by atoms with Crippen molar-refractivity contribution in [3.63, 3.8) is 0 Å². The van der Waals surface area contributed by atoms with E-state index < -0.39 is 5.54 Å². The fourth-order valence-corrected chi connectivity index (χ4v) is 2.46. The average molecular weight is 350 g/mol. The first-order valence-electron chi connectivity index (χ1n) is 7.94. The molecule has 0 unspecified atom stereocenters. The van der Waals surface area contributed by atoms with Crippen LogP contribution in [0.4, 0.5) is 11.5 Å². The Kier molecular flexibility index (Phi) is 4.45. The Morgan fingerprint density at radius 2 is 2.21 bits per heavy atom. The molecule has 1 saturated carbocycles. The third kappa shape index (κ3) is 3.51. The largest absolute Gasteiger partial charge is 0.464 e. The highest BCUT2D eigenvalue weighted by atomic mass is 35.5. The maximum absolute atomic E-state index is 12.1. The minimum Gasteiger partial charge on any atom is -0.464 e. The van der Waals surface area contributed by atoms with Gasteiger partial charge in [-0.3, -0.25) is 4.68 Å². The molecule has 0 aromatic carbocycles. The summed E-state index contributed by atoms with van der Waals surface area (Å²) in [5.74, 6) is 1.46. The van der Waals surface area contributed by atoms with E-state index in [-0.39, 0.29) is 5.97 Å². The van der Waals surface area contributed by atoms with Crippen molar-refractivity contribution >= 4 is 29.1 Å². The van der Waals surface area contributed by atoms with Gasteiger partial charge in [-0.05, 0) is 33.6 Å². The lowest BCUT2D eigenvalue weighted by Crippen LogP contribution is -2.37. The number of ether oxygens (including phenoxy) is 1. The number of hydrogen-bond donors (Lipinski definition) is 1. The van der Waals surface area contributed by atoms with Crippen molar-refractivity contribution in [2.75, 3.05) is 11.9 Å². The van der Waals surface area contributed by atoms with Crippen LogP contribution >= 0.6 is 11.6 Å². The Morgan fingerprint density at radius 1 is 1.46 bits per heavy atom. The van der Waals surface area contributed by atoms with Gasteiger partial charge in [0.1, 0.15) is 16.8 Å². The second-order valence-corrected chi connectivity index (χ2v) is 6.67. The Morgan fingerprint density at radius 3 is 2.88 bits per heavy atom. The second-order valence-electron chi connectivity index (χ2n) is 6.29. The van der Waals surface area contributed by atoms with E-state index >= 15 is 0 Å². The van der Waals surface area contributed by atoms with Crippen LogP contribution in [-0.4, -0.2) is 32.3 Å². The van der Waals surface area contributed by atoms with Gasteiger partial charge in [-0.2, -0.15) is 5.10 Å². The van der Waals surface area contributed by atoms with Crippen LogP contribution in [0.3, 0.4) is 0 Å². The number of halogens is 1. The molecule has 7 nitrogen and oxygen atoms in total. The molecular weight excluding hydrogens is 330 g/mol. The summed E-state index contributed by atoms with van der Waals surface area (Å²) >= 11 is 6.07. The third-order valence-corrected chi connectivity index (χ3v) is 4.05. The van der Waals surface area contributed by atoms with E-state index in [9.17, 15) is 4.79 Å². The molecule has 0 amide bonds. The van der Waals surface area contributed by atoms with Crippen LogP contribution in [0.15, 0.2) is 18.5 Å². The summed E-state index contributed by atoms with van der Waals surface area (Å²) in [6.07, 6.45) is 5.58. The first-order chi connectivity index (χ1) is 11.4. The van der Waals surface area contributed by atoms with Crippen LogP contribution in [-0.2, 0) is 15.1 Å². The number of hydrogen-bond acceptors (Lipinski definition) is 6. The van der Waals surface area contributed by atoms with Gasteiger partial charge in [-0.25, -0.2) is 14.8 Å². The predicted octanol–water partition coefficient (Wildman–Crippen LogP) is 3.25. The summed E-state index contributed by atoms with van der Waals surface area (Å²) in [6.45, 7) is 5.63. The summed E-state index contributed by atoms with van der Waals surface area (Å²) in [5.41, 5.74) is -0.179. The molecule has 1 aliphatic carbocycles. The Bertz CT molecular complexity index is 755. The zero-order valence-electron chi connectivity index (χ0n) is 13.9. The summed E-state index contributed by atoms with van der Waals surface area (Å²) < 4.78 is 6.66. The summed E-state index contributed by atoms with van der Waals surface area (Å²) in [7, 11) is 0. The molecule has 0 atom stereocenters. The lowest BCUT2D eigenvalue weighted by Gasteiger charge is -2.22. The second kappa shape index (κ2) is 6.39. The van der Waals surface area contributed by atoms with Gasteiger partial charge in [0.05, 0.1) is 18.5 Å². The van der Waals surface area contributed by atoms with Crippen molar-refractivity contribution in [3.8, 4) is 0 Å². The first kappa shape index (κ1) is 16.7. The van der Waals surface area contributed by atoms with E-state index in [1.807, 2.05) is 0 Å². The van der Waals surface area contributed by atoms with Gasteiger partial charge in [-0.15, -0.1) is 0 Å². The molecule has 0 aliphatic heterocycles. The Hall–Kier alpha value is -2.15. The molecule has 24 heavy (non-hydrogen) atoms. The number of carbonyl (C=O) groups is 1. The molecule has 0 bridgehead atoms. The standard InChI is InChI=1S/C16H20ClN5O2/c1-4-24-15(23)16(2,3)22-9-11(8-18-22)19-13-7-12(17)20-14(21-13)10-5-6-10/h7-10H,4-6H2,1-3H3,(H,19,20,21). The topological polar surface area (TPSA) is 81.9 Å². The molecule has 0 spiro atoms. The van der Waals surface area contributed by atoms with Gasteiger partial charge in [0.2, 0.25) is 0 Å². The number of esters is 1.